The maximum Gasteiger partial charge on any atom is 0.00584 e. The van der Waals surface area contributed by atoms with Crippen LogP contribution >= 0.6 is 48.8 Å². The van der Waals surface area contributed by atoms with Crippen LogP contribution in [0.3, 0.4) is 0 Å². The van der Waals surface area contributed by atoms with E-state index in [4.69, 9.17) is 0 Å². The Morgan fingerprint density at radius 1 is 0.769 bits per heavy atom. The Labute approximate surface area is 101 Å². The molecule has 0 atom stereocenters. The van der Waals surface area contributed by atoms with Gasteiger partial charge in [-0.3, -0.25) is 0 Å². The Morgan fingerprint density at radius 3 is 1.62 bits per heavy atom. The summed E-state index contributed by atoms with van der Waals surface area (Å²) in [6, 6.07) is 0. The highest BCUT2D eigenvalue weighted by Gasteiger charge is 1.89. The standard InChI is InChI=1S/C8H19NS4/c10-3-7-12-5-1-9-2-6-13-8-4-11/h9-11H,1-8H2. The maximum atomic E-state index is 4.15. The van der Waals surface area contributed by atoms with Gasteiger partial charge in [-0.1, -0.05) is 0 Å². The number of hydrogen-bond donors (Lipinski definition) is 3. The number of hydrogen-bond acceptors (Lipinski definition) is 5. The van der Waals surface area contributed by atoms with Gasteiger partial charge in [0.1, 0.15) is 0 Å². The van der Waals surface area contributed by atoms with E-state index in [1.807, 2.05) is 23.5 Å². The van der Waals surface area contributed by atoms with Crippen molar-refractivity contribution in [2.45, 2.75) is 0 Å². The minimum atomic E-state index is 0.989. The fraction of sp³-hybridized carbons (Fsp3) is 1.00. The number of nitrogens with one attached hydrogen (secondary N) is 1. The van der Waals surface area contributed by atoms with E-state index in [2.05, 4.69) is 30.6 Å². The zero-order chi connectivity index (χ0) is 9.78. The summed E-state index contributed by atoms with van der Waals surface area (Å²) in [5, 5.41) is 3.41. The lowest BCUT2D eigenvalue weighted by Gasteiger charge is -2.03. The molecule has 0 unspecified atom stereocenters. The zero-order valence-electron chi connectivity index (χ0n) is 7.87. The maximum absolute atomic E-state index is 4.15. The molecule has 1 nitrogen and oxygen atoms in total. The van der Waals surface area contributed by atoms with Gasteiger partial charge in [-0.15, -0.1) is 0 Å². The highest BCUT2D eigenvalue weighted by Crippen LogP contribution is 1.99. The second kappa shape index (κ2) is 13.4. The molecule has 0 aliphatic carbocycles. The summed E-state index contributed by atoms with van der Waals surface area (Å²) in [6.45, 7) is 2.25. The molecule has 13 heavy (non-hydrogen) atoms. The lowest BCUT2D eigenvalue weighted by atomic mass is 10.7. The minimum Gasteiger partial charge on any atom is -0.315 e. The van der Waals surface area contributed by atoms with Crippen molar-refractivity contribution >= 4 is 48.8 Å². The quantitative estimate of drug-likeness (QED) is 0.409. The van der Waals surface area contributed by atoms with E-state index >= 15 is 0 Å². The van der Waals surface area contributed by atoms with Gasteiger partial charge in [0.15, 0.2) is 0 Å². The first-order valence-corrected chi connectivity index (χ1v) is 8.07. The third-order valence-corrected chi connectivity index (χ3v) is 4.34. The van der Waals surface area contributed by atoms with Crippen molar-refractivity contribution in [1.82, 2.24) is 5.32 Å². The summed E-state index contributed by atoms with van der Waals surface area (Å²) in [6.07, 6.45) is 0. The van der Waals surface area contributed by atoms with Gasteiger partial charge < -0.3 is 5.32 Å². The van der Waals surface area contributed by atoms with Crippen molar-refractivity contribution in [3.8, 4) is 0 Å². The summed E-state index contributed by atoms with van der Waals surface area (Å²) in [7, 11) is 0. The predicted molar refractivity (Wildman–Crippen MR) is 75.2 cm³/mol. The molecule has 0 aromatic rings. The van der Waals surface area contributed by atoms with E-state index < -0.39 is 0 Å². The van der Waals surface area contributed by atoms with Gasteiger partial charge in [0.25, 0.3) is 0 Å². The Balaban J connectivity index is 2.76. The number of thioether (sulfide) groups is 2. The highest BCUT2D eigenvalue weighted by atomic mass is 32.2. The molecule has 0 spiro atoms. The molecule has 0 heterocycles. The second-order valence-electron chi connectivity index (χ2n) is 2.42. The molecule has 0 saturated carbocycles. The van der Waals surface area contributed by atoms with Crippen LogP contribution in [0.4, 0.5) is 0 Å². The molecule has 0 aromatic carbocycles. The Hall–Kier alpha value is 1.36. The van der Waals surface area contributed by atoms with Crippen LogP contribution in [0.15, 0.2) is 0 Å². The van der Waals surface area contributed by atoms with Crippen molar-refractivity contribution in [2.75, 3.05) is 47.6 Å². The van der Waals surface area contributed by atoms with E-state index in [0.29, 0.717) is 0 Å². The summed E-state index contributed by atoms with van der Waals surface area (Å²) >= 11 is 12.2. The van der Waals surface area contributed by atoms with Crippen molar-refractivity contribution in [1.29, 1.82) is 0 Å². The molecule has 0 aliphatic heterocycles. The monoisotopic (exact) mass is 257 g/mol. The third kappa shape index (κ3) is 13.4. The largest absolute Gasteiger partial charge is 0.315 e. The molecule has 0 saturated heterocycles. The Bertz CT molecular complexity index is 82.2. The van der Waals surface area contributed by atoms with Gasteiger partial charge in [-0.05, 0) is 11.5 Å². The molecular formula is C8H19NS4. The fourth-order valence-corrected chi connectivity index (χ4v) is 2.77. The van der Waals surface area contributed by atoms with Gasteiger partial charge >= 0.3 is 0 Å². The highest BCUT2D eigenvalue weighted by molar-refractivity contribution is 8.00. The topological polar surface area (TPSA) is 12.0 Å². The summed E-state index contributed by atoms with van der Waals surface area (Å²) in [5.41, 5.74) is 0. The fourth-order valence-electron chi connectivity index (χ4n) is 0.747. The summed E-state index contributed by atoms with van der Waals surface area (Å²) in [5.74, 6) is 6.72. The van der Waals surface area contributed by atoms with Gasteiger partial charge in [0.2, 0.25) is 0 Å². The number of rotatable bonds is 10. The first kappa shape index (κ1) is 14.4. The van der Waals surface area contributed by atoms with E-state index in [-0.39, 0.29) is 0 Å². The summed E-state index contributed by atoms with van der Waals surface area (Å²) < 4.78 is 0. The molecule has 80 valence electrons. The van der Waals surface area contributed by atoms with E-state index in [1.165, 1.54) is 23.0 Å². The average Bonchev–Trinajstić information content (AvgIpc) is 2.16. The molecular weight excluding hydrogens is 238 g/mol. The molecule has 0 aliphatic rings. The molecule has 0 radical (unpaired) electrons. The number of thiol groups is 2. The van der Waals surface area contributed by atoms with Crippen LogP contribution in [0.5, 0.6) is 0 Å². The van der Waals surface area contributed by atoms with Gasteiger partial charge in [0, 0.05) is 36.1 Å². The molecule has 0 rings (SSSR count). The molecule has 0 aromatic heterocycles. The van der Waals surface area contributed by atoms with Crippen LogP contribution in [-0.4, -0.2) is 47.6 Å². The average molecular weight is 258 g/mol. The molecule has 0 bridgehead atoms. The van der Waals surface area contributed by atoms with Crippen LogP contribution in [0, 0.1) is 0 Å². The van der Waals surface area contributed by atoms with E-state index in [1.54, 1.807) is 0 Å². The lowest BCUT2D eigenvalue weighted by molar-refractivity contribution is 0.774. The van der Waals surface area contributed by atoms with Gasteiger partial charge in [-0.2, -0.15) is 48.8 Å². The van der Waals surface area contributed by atoms with Crippen LogP contribution in [0.25, 0.3) is 0 Å². The third-order valence-electron chi connectivity index (χ3n) is 1.32. The van der Waals surface area contributed by atoms with Crippen LogP contribution < -0.4 is 5.32 Å². The molecule has 5 heteroatoms. The van der Waals surface area contributed by atoms with Crippen LogP contribution in [0.1, 0.15) is 0 Å². The van der Waals surface area contributed by atoms with Crippen molar-refractivity contribution in [3.05, 3.63) is 0 Å². The van der Waals surface area contributed by atoms with Crippen LogP contribution in [0.2, 0.25) is 0 Å². The minimum absolute atomic E-state index is 0.989. The second-order valence-corrected chi connectivity index (χ2v) is 5.77. The van der Waals surface area contributed by atoms with Crippen molar-refractivity contribution < 1.29 is 0 Å². The normalized spacial score (nSPS) is 10.6. The van der Waals surface area contributed by atoms with Gasteiger partial charge in [0.05, 0.1) is 0 Å². The zero-order valence-corrected chi connectivity index (χ0v) is 11.3. The predicted octanol–water partition coefficient (Wildman–Crippen LogP) is 1.90. The first-order valence-electron chi connectivity index (χ1n) is 4.49. The van der Waals surface area contributed by atoms with Crippen molar-refractivity contribution in [3.63, 3.8) is 0 Å². The Morgan fingerprint density at radius 2 is 1.23 bits per heavy atom. The lowest BCUT2D eigenvalue weighted by Crippen LogP contribution is -2.20. The molecule has 0 amide bonds. The molecule has 0 fully saturated rings. The van der Waals surface area contributed by atoms with E-state index in [0.717, 1.165) is 24.6 Å². The Kier molecular flexibility index (Phi) is 14.8. The first-order chi connectivity index (χ1) is 6.41. The molecule has 1 N–H and O–H groups in total. The SMILES string of the molecule is SCCSCCNCCSCCS. The smallest absolute Gasteiger partial charge is 0.00584 e. The van der Waals surface area contributed by atoms with Crippen molar-refractivity contribution in [2.24, 2.45) is 0 Å². The summed E-state index contributed by atoms with van der Waals surface area (Å²) in [4.78, 5) is 0. The van der Waals surface area contributed by atoms with Gasteiger partial charge in [-0.25, -0.2) is 0 Å². The van der Waals surface area contributed by atoms with Crippen LogP contribution in [-0.2, 0) is 0 Å². The van der Waals surface area contributed by atoms with E-state index in [9.17, 15) is 0 Å².